The van der Waals surface area contributed by atoms with E-state index in [9.17, 15) is 19.2 Å². The van der Waals surface area contributed by atoms with Crippen molar-refractivity contribution in [3.8, 4) is 0 Å². The number of rotatable bonds is 8. The molecule has 0 saturated heterocycles. The summed E-state index contributed by atoms with van der Waals surface area (Å²) in [5.41, 5.74) is 6.64. The average Bonchev–Trinajstić information content (AvgIpc) is 3.07. The minimum absolute atomic E-state index is 0.0425. The fourth-order valence-corrected chi connectivity index (χ4v) is 3.81. The highest BCUT2D eigenvalue weighted by atomic mass is 32.1. The second-order valence-corrected chi connectivity index (χ2v) is 7.41. The third-order valence-corrected chi connectivity index (χ3v) is 5.46. The summed E-state index contributed by atoms with van der Waals surface area (Å²) >= 11 is 0.887. The van der Waals surface area contributed by atoms with E-state index in [1.54, 1.807) is 32.9 Å². The molecule has 0 aliphatic rings. The van der Waals surface area contributed by atoms with Crippen LogP contribution in [0.15, 0.2) is 24.3 Å². The maximum Gasteiger partial charge on any atom is 0.348 e. The molecule has 166 valence electrons. The number of esters is 3. The van der Waals surface area contributed by atoms with Crippen LogP contribution >= 0.6 is 11.3 Å². The van der Waals surface area contributed by atoms with Crippen molar-refractivity contribution in [2.75, 3.05) is 24.8 Å². The summed E-state index contributed by atoms with van der Waals surface area (Å²) in [6.07, 6.45) is -0.949. The Kier molecular flexibility index (Phi) is 8.14. The molecule has 0 aliphatic heterocycles. The van der Waals surface area contributed by atoms with Crippen LogP contribution in [-0.2, 0) is 19.0 Å². The highest BCUT2D eigenvalue weighted by molar-refractivity contribution is 7.18. The van der Waals surface area contributed by atoms with Crippen molar-refractivity contribution in [3.63, 3.8) is 0 Å². The van der Waals surface area contributed by atoms with E-state index in [-0.39, 0.29) is 34.0 Å². The summed E-state index contributed by atoms with van der Waals surface area (Å²) in [7, 11) is 1.19. The lowest BCUT2D eigenvalue weighted by molar-refractivity contribution is -0.124. The Morgan fingerprint density at radius 2 is 1.84 bits per heavy atom. The van der Waals surface area contributed by atoms with Gasteiger partial charge < -0.3 is 25.3 Å². The van der Waals surface area contributed by atoms with E-state index in [0.29, 0.717) is 11.3 Å². The second-order valence-electron chi connectivity index (χ2n) is 6.39. The van der Waals surface area contributed by atoms with Gasteiger partial charge in [-0.25, -0.2) is 14.4 Å². The lowest BCUT2D eigenvalue weighted by Crippen LogP contribution is -2.32. The maximum atomic E-state index is 12.8. The van der Waals surface area contributed by atoms with Crippen molar-refractivity contribution in [2.24, 2.45) is 0 Å². The van der Waals surface area contributed by atoms with Gasteiger partial charge in [0.1, 0.15) is 9.88 Å². The van der Waals surface area contributed by atoms with Crippen molar-refractivity contribution in [2.45, 2.75) is 33.3 Å². The molecule has 0 bridgehead atoms. The van der Waals surface area contributed by atoms with Crippen LogP contribution in [0.4, 0.5) is 10.7 Å². The van der Waals surface area contributed by atoms with Crippen LogP contribution in [0.25, 0.3) is 0 Å². The number of hydrogen-bond acceptors (Lipinski definition) is 9. The van der Waals surface area contributed by atoms with Gasteiger partial charge in [-0.05, 0) is 44.0 Å². The molecule has 2 aromatic rings. The number of methoxy groups -OCH3 is 1. The summed E-state index contributed by atoms with van der Waals surface area (Å²) in [4.78, 5) is 49.8. The van der Waals surface area contributed by atoms with E-state index >= 15 is 0 Å². The Morgan fingerprint density at radius 3 is 2.42 bits per heavy atom. The first-order chi connectivity index (χ1) is 14.7. The Balaban J connectivity index is 2.27. The number of carbonyl (C=O) groups is 4. The number of anilines is 2. The topological polar surface area (TPSA) is 134 Å². The molecule has 1 amide bonds. The first-order valence-electron chi connectivity index (χ1n) is 9.49. The number of benzene rings is 1. The van der Waals surface area contributed by atoms with E-state index in [1.807, 2.05) is 0 Å². The Morgan fingerprint density at radius 1 is 1.13 bits per heavy atom. The summed E-state index contributed by atoms with van der Waals surface area (Å²) in [6.45, 7) is 5.04. The number of nitrogens with one attached hydrogen (secondary N) is 1. The van der Waals surface area contributed by atoms with Crippen LogP contribution < -0.4 is 11.1 Å². The van der Waals surface area contributed by atoms with Gasteiger partial charge in [0.15, 0.2) is 6.10 Å². The zero-order valence-electron chi connectivity index (χ0n) is 17.6. The van der Waals surface area contributed by atoms with Crippen molar-refractivity contribution >= 4 is 45.8 Å². The highest BCUT2D eigenvalue weighted by Gasteiger charge is 2.29. The van der Waals surface area contributed by atoms with Crippen molar-refractivity contribution in [1.29, 1.82) is 0 Å². The third kappa shape index (κ3) is 5.60. The number of nitrogen functional groups attached to an aromatic ring is 1. The number of nitrogens with two attached hydrogens (primary N) is 1. The van der Waals surface area contributed by atoms with Crippen LogP contribution in [-0.4, -0.2) is 43.6 Å². The van der Waals surface area contributed by atoms with Gasteiger partial charge in [0, 0.05) is 5.69 Å². The normalized spacial score (nSPS) is 11.4. The highest BCUT2D eigenvalue weighted by Crippen LogP contribution is 2.34. The zero-order valence-corrected chi connectivity index (χ0v) is 18.5. The van der Waals surface area contributed by atoms with Crippen molar-refractivity contribution < 1.29 is 33.4 Å². The lowest BCUT2D eigenvalue weighted by Gasteiger charge is -2.16. The molecule has 0 aliphatic carbocycles. The van der Waals surface area contributed by atoms with E-state index < -0.39 is 29.9 Å². The summed E-state index contributed by atoms with van der Waals surface area (Å²) in [5, 5.41) is 2.68. The average molecular weight is 448 g/mol. The molecule has 0 spiro atoms. The van der Waals surface area contributed by atoms with Crippen LogP contribution in [0.5, 0.6) is 0 Å². The van der Waals surface area contributed by atoms with Crippen molar-refractivity contribution in [3.05, 3.63) is 45.8 Å². The summed E-state index contributed by atoms with van der Waals surface area (Å²) < 4.78 is 15.1. The van der Waals surface area contributed by atoms with E-state index in [2.05, 4.69) is 5.32 Å². The van der Waals surface area contributed by atoms with Gasteiger partial charge in [-0.1, -0.05) is 13.0 Å². The number of carbonyl (C=O) groups excluding carboxylic acids is 4. The number of ether oxygens (including phenoxy) is 3. The van der Waals surface area contributed by atoms with Gasteiger partial charge in [0.05, 0.1) is 24.8 Å². The zero-order chi connectivity index (χ0) is 23.1. The lowest BCUT2D eigenvalue weighted by atomic mass is 10.1. The molecule has 1 heterocycles. The molecule has 2 rings (SSSR count). The first kappa shape index (κ1) is 23.9. The Labute approximate surface area is 183 Å². The van der Waals surface area contributed by atoms with Gasteiger partial charge in [0.25, 0.3) is 5.91 Å². The Bertz CT molecular complexity index is 1000. The molecule has 9 nitrogen and oxygen atoms in total. The molecule has 1 aromatic carbocycles. The fourth-order valence-electron chi connectivity index (χ4n) is 2.72. The molecule has 10 heteroatoms. The van der Waals surface area contributed by atoms with Gasteiger partial charge in [-0.3, -0.25) is 4.79 Å². The monoisotopic (exact) mass is 448 g/mol. The SMILES string of the molecule is CCOC(=O)c1sc(NC(=O)C(CC)OC(=O)c2cccc(N)c2)c(C(=O)OC)c1C. The molecule has 1 aromatic heterocycles. The summed E-state index contributed by atoms with van der Waals surface area (Å²) in [5.74, 6) is -2.70. The molecular weight excluding hydrogens is 424 g/mol. The minimum atomic E-state index is -1.13. The second kappa shape index (κ2) is 10.6. The predicted octanol–water partition coefficient (Wildman–Crippen LogP) is 3.18. The van der Waals surface area contributed by atoms with Gasteiger partial charge in [0.2, 0.25) is 0 Å². The van der Waals surface area contributed by atoms with Crippen LogP contribution in [0.3, 0.4) is 0 Å². The van der Waals surface area contributed by atoms with Gasteiger partial charge >= 0.3 is 17.9 Å². The first-order valence-corrected chi connectivity index (χ1v) is 10.3. The number of amides is 1. The third-order valence-electron chi connectivity index (χ3n) is 4.27. The quantitative estimate of drug-likeness (QED) is 0.357. The van der Waals surface area contributed by atoms with Gasteiger partial charge in [-0.15, -0.1) is 11.3 Å². The van der Waals surface area contributed by atoms with Crippen LogP contribution in [0.1, 0.15) is 56.2 Å². The maximum absolute atomic E-state index is 12.8. The molecule has 0 radical (unpaired) electrons. The van der Waals surface area contributed by atoms with Crippen LogP contribution in [0, 0.1) is 6.92 Å². The summed E-state index contributed by atoms with van der Waals surface area (Å²) in [6, 6.07) is 6.18. The molecule has 31 heavy (non-hydrogen) atoms. The fraction of sp³-hybridized carbons (Fsp3) is 0.333. The van der Waals surface area contributed by atoms with E-state index in [1.165, 1.54) is 19.2 Å². The van der Waals surface area contributed by atoms with Crippen LogP contribution in [0.2, 0.25) is 0 Å². The standard InChI is InChI=1S/C21H24N2O7S/c1-5-14(30-19(25)12-8-7-9-13(22)10-12)17(24)23-18-15(20(26)28-4)11(3)16(31-18)21(27)29-6-2/h7-10,14H,5-6,22H2,1-4H3,(H,23,24). The molecule has 0 saturated carbocycles. The number of thiophene rings is 1. The number of hydrogen-bond donors (Lipinski definition) is 2. The van der Waals surface area contributed by atoms with E-state index in [4.69, 9.17) is 19.9 Å². The Hall–Kier alpha value is -3.40. The molecule has 3 N–H and O–H groups in total. The predicted molar refractivity (Wildman–Crippen MR) is 115 cm³/mol. The minimum Gasteiger partial charge on any atom is -0.465 e. The molecular formula is C21H24N2O7S. The molecule has 0 fully saturated rings. The smallest absolute Gasteiger partial charge is 0.348 e. The largest absolute Gasteiger partial charge is 0.465 e. The molecule has 1 atom stereocenters. The van der Waals surface area contributed by atoms with Crippen molar-refractivity contribution in [1.82, 2.24) is 0 Å². The van der Waals surface area contributed by atoms with E-state index in [0.717, 1.165) is 11.3 Å². The molecule has 1 unspecified atom stereocenters. The van der Waals surface area contributed by atoms with Gasteiger partial charge in [-0.2, -0.15) is 0 Å².